The molecule has 2 aromatic rings. The quantitative estimate of drug-likeness (QED) is 0.420. The van der Waals surface area contributed by atoms with Gasteiger partial charge in [0, 0.05) is 30.7 Å². The molecule has 1 aliphatic heterocycles. The van der Waals surface area contributed by atoms with Gasteiger partial charge in [-0.15, -0.1) is 0 Å². The maximum Gasteiger partial charge on any atom is 0.414 e. The molecule has 172 valence electrons. The van der Waals surface area contributed by atoms with Crippen LogP contribution >= 0.6 is 0 Å². The number of likely N-dealkylation sites (N-methyl/N-ethyl adjacent to an activating group) is 1. The minimum atomic E-state index is -1.13. The number of ether oxygens (including phenoxy) is 1. The second kappa shape index (κ2) is 9.81. The molecule has 0 unspecified atom stereocenters. The summed E-state index contributed by atoms with van der Waals surface area (Å²) in [6, 6.07) is 12.8. The zero-order valence-electron chi connectivity index (χ0n) is 18.4. The summed E-state index contributed by atoms with van der Waals surface area (Å²) in [4.78, 5) is 42.3. The van der Waals surface area contributed by atoms with Crippen molar-refractivity contribution in [2.24, 2.45) is 10.9 Å². The number of para-hydroxylation sites is 1. The lowest BCUT2D eigenvalue weighted by Gasteiger charge is -2.21. The largest absolute Gasteiger partial charge is 0.414 e. The van der Waals surface area contributed by atoms with Gasteiger partial charge in [-0.3, -0.25) is 25.2 Å². The highest BCUT2D eigenvalue weighted by Gasteiger charge is 2.33. The third kappa shape index (κ3) is 5.02. The molecule has 4 rings (SSSR count). The predicted molar refractivity (Wildman–Crippen MR) is 124 cm³/mol. The van der Waals surface area contributed by atoms with Crippen LogP contribution in [0.15, 0.2) is 53.5 Å². The van der Waals surface area contributed by atoms with Gasteiger partial charge in [-0.25, -0.2) is 4.79 Å². The molecule has 1 N–H and O–H groups in total. The van der Waals surface area contributed by atoms with Crippen LogP contribution in [0.1, 0.15) is 44.1 Å². The summed E-state index contributed by atoms with van der Waals surface area (Å²) in [7, 11) is 1.67. The molecule has 0 aromatic heterocycles. The molecule has 9 heteroatoms. The summed E-state index contributed by atoms with van der Waals surface area (Å²) in [5, 5.41) is 13.4. The van der Waals surface area contributed by atoms with Crippen molar-refractivity contribution in [3.63, 3.8) is 0 Å². The lowest BCUT2D eigenvalue weighted by molar-refractivity contribution is -0.384. The van der Waals surface area contributed by atoms with Crippen molar-refractivity contribution in [1.82, 2.24) is 5.32 Å². The Morgan fingerprint density at radius 2 is 1.76 bits per heavy atom. The van der Waals surface area contributed by atoms with Gasteiger partial charge in [0.15, 0.2) is 0 Å². The van der Waals surface area contributed by atoms with Gasteiger partial charge in [0.05, 0.1) is 16.3 Å². The number of carbonyl (C=O) groups is 2. The Bertz CT molecular complexity index is 1070. The first-order valence-electron chi connectivity index (χ1n) is 11.1. The number of non-ortho nitro benzene ring substituents is 1. The molecule has 0 spiro atoms. The van der Waals surface area contributed by atoms with E-state index in [0.29, 0.717) is 0 Å². The Labute approximate surface area is 191 Å². The standard InChI is InChI=1S/C24H26N4O5/c1-27-20-11-7-6-10-19(20)21(16-8-4-2-3-5-9-16)25-22(23(27)29)26-24(30)33-18-14-12-17(13-15-18)28(31)32/h6-7,10-16,22H,2-5,8-9H2,1H3,(H,26,30)/t22-/m0/s1. The molecule has 2 amide bonds. The Hall–Kier alpha value is -3.75. The van der Waals surface area contributed by atoms with E-state index in [4.69, 9.17) is 9.73 Å². The van der Waals surface area contributed by atoms with E-state index in [1.165, 1.54) is 42.0 Å². The van der Waals surface area contributed by atoms with Crippen molar-refractivity contribution in [3.8, 4) is 5.75 Å². The van der Waals surface area contributed by atoms with Crippen LogP contribution in [-0.4, -0.2) is 35.8 Å². The number of nitrogens with one attached hydrogen (secondary N) is 1. The third-order valence-corrected chi connectivity index (χ3v) is 6.13. The van der Waals surface area contributed by atoms with Crippen molar-refractivity contribution in [2.45, 2.75) is 44.7 Å². The van der Waals surface area contributed by atoms with Gasteiger partial charge in [0.1, 0.15) is 5.75 Å². The first-order chi connectivity index (χ1) is 15.9. The summed E-state index contributed by atoms with van der Waals surface area (Å²) in [5.41, 5.74) is 2.40. The van der Waals surface area contributed by atoms with Crippen LogP contribution in [0.2, 0.25) is 0 Å². The maximum atomic E-state index is 13.2. The number of nitro groups is 1. The average Bonchev–Trinajstić information content (AvgIpc) is 3.14. The lowest BCUT2D eigenvalue weighted by atomic mass is 9.89. The molecule has 0 saturated heterocycles. The van der Waals surface area contributed by atoms with E-state index in [9.17, 15) is 19.7 Å². The van der Waals surface area contributed by atoms with E-state index in [0.717, 1.165) is 42.6 Å². The highest BCUT2D eigenvalue weighted by atomic mass is 16.6. The fourth-order valence-corrected chi connectivity index (χ4v) is 4.40. The number of fused-ring (bicyclic) bond motifs is 1. The lowest BCUT2D eigenvalue weighted by Crippen LogP contribution is -2.47. The SMILES string of the molecule is CN1C(=O)[C@H](NC(=O)Oc2ccc([N+](=O)[O-])cc2)N=C(C2CCCCCC2)c2ccccc21. The third-order valence-electron chi connectivity index (χ3n) is 6.13. The van der Waals surface area contributed by atoms with Crippen molar-refractivity contribution < 1.29 is 19.2 Å². The van der Waals surface area contributed by atoms with Gasteiger partial charge < -0.3 is 9.64 Å². The molecule has 1 fully saturated rings. The number of benzene rings is 2. The number of rotatable bonds is 4. The molecule has 2 aliphatic rings. The topological polar surface area (TPSA) is 114 Å². The second-order valence-corrected chi connectivity index (χ2v) is 8.30. The number of aliphatic imine (C=N–C) groups is 1. The van der Waals surface area contributed by atoms with Crippen molar-refractivity contribution in [1.29, 1.82) is 0 Å². The smallest absolute Gasteiger partial charge is 0.410 e. The number of nitrogens with zero attached hydrogens (tertiary/aromatic N) is 3. The zero-order chi connectivity index (χ0) is 23.4. The molecule has 1 saturated carbocycles. The van der Waals surface area contributed by atoms with Crippen LogP contribution in [0.3, 0.4) is 0 Å². The van der Waals surface area contributed by atoms with Crippen LogP contribution in [0.5, 0.6) is 5.75 Å². The van der Waals surface area contributed by atoms with Gasteiger partial charge in [-0.05, 0) is 31.0 Å². The normalized spacial score (nSPS) is 19.1. The van der Waals surface area contributed by atoms with Crippen LogP contribution in [0.4, 0.5) is 16.2 Å². The van der Waals surface area contributed by atoms with Gasteiger partial charge in [-0.1, -0.05) is 43.9 Å². The summed E-state index contributed by atoms with van der Waals surface area (Å²) in [6.45, 7) is 0. The zero-order valence-corrected chi connectivity index (χ0v) is 18.4. The molecule has 9 nitrogen and oxygen atoms in total. The van der Waals surface area contributed by atoms with Gasteiger partial charge >= 0.3 is 6.09 Å². The summed E-state index contributed by atoms with van der Waals surface area (Å²) < 4.78 is 5.24. The van der Waals surface area contributed by atoms with Crippen LogP contribution in [0, 0.1) is 16.0 Å². The minimum Gasteiger partial charge on any atom is -0.410 e. The van der Waals surface area contributed by atoms with Gasteiger partial charge in [0.25, 0.3) is 11.6 Å². The van der Waals surface area contributed by atoms with Crippen molar-refractivity contribution in [2.75, 3.05) is 11.9 Å². The molecule has 0 bridgehead atoms. The Kier molecular flexibility index (Phi) is 6.67. The van der Waals surface area contributed by atoms with Crippen molar-refractivity contribution in [3.05, 3.63) is 64.2 Å². The second-order valence-electron chi connectivity index (χ2n) is 8.30. The molecule has 2 aromatic carbocycles. The molecule has 1 heterocycles. The van der Waals surface area contributed by atoms with E-state index in [-0.39, 0.29) is 23.3 Å². The molecule has 1 aliphatic carbocycles. The number of hydrogen-bond donors (Lipinski definition) is 1. The highest BCUT2D eigenvalue weighted by molar-refractivity contribution is 6.13. The van der Waals surface area contributed by atoms with Crippen LogP contribution in [0.25, 0.3) is 0 Å². The van der Waals surface area contributed by atoms with Gasteiger partial charge in [-0.2, -0.15) is 0 Å². The fourth-order valence-electron chi connectivity index (χ4n) is 4.40. The first-order valence-corrected chi connectivity index (χ1v) is 11.1. The molecule has 1 atom stereocenters. The monoisotopic (exact) mass is 450 g/mol. The van der Waals surface area contributed by atoms with E-state index in [2.05, 4.69) is 5.32 Å². The van der Waals surface area contributed by atoms with E-state index >= 15 is 0 Å². The average molecular weight is 450 g/mol. The number of nitro benzene ring substituents is 1. The molecule has 33 heavy (non-hydrogen) atoms. The van der Waals surface area contributed by atoms with E-state index in [1.807, 2.05) is 24.3 Å². The summed E-state index contributed by atoms with van der Waals surface area (Å²) in [6.07, 6.45) is 4.58. The maximum absolute atomic E-state index is 13.2. The summed E-state index contributed by atoms with van der Waals surface area (Å²) in [5.74, 6) is -0.0292. The number of amides is 2. The molecular formula is C24H26N4O5. The number of benzodiazepines with no additional fused rings is 1. The summed E-state index contributed by atoms with van der Waals surface area (Å²) >= 11 is 0. The molecular weight excluding hydrogens is 424 g/mol. The van der Waals surface area contributed by atoms with Crippen LogP contribution < -0.4 is 15.0 Å². The van der Waals surface area contributed by atoms with E-state index < -0.39 is 17.2 Å². The minimum absolute atomic E-state index is 0.112. The highest BCUT2D eigenvalue weighted by Crippen LogP contribution is 2.32. The van der Waals surface area contributed by atoms with E-state index in [1.54, 1.807) is 7.05 Å². The number of carbonyl (C=O) groups excluding carboxylic acids is 2. The first kappa shape index (κ1) is 22.4. The Balaban J connectivity index is 1.59. The van der Waals surface area contributed by atoms with Crippen molar-refractivity contribution >= 4 is 29.1 Å². The molecule has 0 radical (unpaired) electrons. The fraction of sp³-hybridized carbons (Fsp3) is 0.375. The predicted octanol–water partition coefficient (Wildman–Crippen LogP) is 4.45. The Morgan fingerprint density at radius 1 is 1.09 bits per heavy atom. The number of hydrogen-bond acceptors (Lipinski definition) is 6. The Morgan fingerprint density at radius 3 is 2.42 bits per heavy atom. The van der Waals surface area contributed by atoms with Gasteiger partial charge in [0.2, 0.25) is 6.17 Å². The van der Waals surface area contributed by atoms with Crippen LogP contribution in [-0.2, 0) is 4.79 Å². The number of anilines is 1.